The second-order valence-corrected chi connectivity index (χ2v) is 8.75. The molecule has 1 heterocycles. The van der Waals surface area contributed by atoms with E-state index in [1.807, 2.05) is 42.5 Å². The zero-order valence-electron chi connectivity index (χ0n) is 14.7. The average molecular weight is 362 g/mol. The van der Waals surface area contributed by atoms with Gasteiger partial charge in [0.15, 0.2) is 0 Å². The second-order valence-electron chi connectivity index (χ2n) is 7.72. The molecule has 3 aromatic rings. The van der Waals surface area contributed by atoms with Crippen molar-refractivity contribution in [3.05, 3.63) is 48.5 Å². The maximum absolute atomic E-state index is 12.7. The number of aromatic nitrogens is 1. The van der Waals surface area contributed by atoms with E-state index in [1.54, 1.807) is 11.3 Å². The van der Waals surface area contributed by atoms with Crippen LogP contribution in [0.5, 0.6) is 0 Å². The van der Waals surface area contributed by atoms with Crippen LogP contribution in [-0.4, -0.2) is 10.9 Å². The first-order chi connectivity index (χ1) is 12.8. The highest BCUT2D eigenvalue weighted by Gasteiger charge is 2.40. The Balaban J connectivity index is 1.37. The highest BCUT2D eigenvalue weighted by atomic mass is 32.1. The summed E-state index contributed by atoms with van der Waals surface area (Å²) in [5.74, 6) is 2.40. The van der Waals surface area contributed by atoms with Gasteiger partial charge in [-0.1, -0.05) is 30.7 Å². The molecular formula is C22H22N2OS. The van der Waals surface area contributed by atoms with Crippen LogP contribution in [0.3, 0.4) is 0 Å². The molecule has 4 heteroatoms. The number of benzene rings is 2. The van der Waals surface area contributed by atoms with E-state index in [4.69, 9.17) is 4.98 Å². The largest absolute Gasteiger partial charge is 0.325 e. The third-order valence-corrected chi connectivity index (χ3v) is 7.13. The number of thiazole rings is 1. The Bertz CT molecular complexity index is 930. The Hall–Kier alpha value is -2.20. The maximum Gasteiger partial charge on any atom is 0.224 e. The van der Waals surface area contributed by atoms with Crippen molar-refractivity contribution in [2.24, 2.45) is 17.8 Å². The fourth-order valence-corrected chi connectivity index (χ4v) is 5.84. The third-order valence-electron chi connectivity index (χ3n) is 6.06. The molecule has 3 nitrogen and oxygen atoms in total. The molecule has 0 spiro atoms. The minimum Gasteiger partial charge on any atom is -0.325 e. The zero-order chi connectivity index (χ0) is 17.5. The third kappa shape index (κ3) is 2.92. The van der Waals surface area contributed by atoms with Crippen molar-refractivity contribution in [3.63, 3.8) is 0 Å². The van der Waals surface area contributed by atoms with Crippen molar-refractivity contribution in [1.82, 2.24) is 4.98 Å². The van der Waals surface area contributed by atoms with E-state index in [2.05, 4.69) is 11.4 Å². The monoisotopic (exact) mass is 362 g/mol. The molecule has 2 fully saturated rings. The molecule has 26 heavy (non-hydrogen) atoms. The van der Waals surface area contributed by atoms with Gasteiger partial charge in [0.25, 0.3) is 0 Å². The molecule has 1 N–H and O–H groups in total. The number of anilines is 1. The lowest BCUT2D eigenvalue weighted by Gasteiger charge is -2.21. The number of hydrogen-bond acceptors (Lipinski definition) is 3. The number of hydrogen-bond donors (Lipinski definition) is 1. The van der Waals surface area contributed by atoms with E-state index in [-0.39, 0.29) is 5.91 Å². The summed E-state index contributed by atoms with van der Waals surface area (Å²) in [6.07, 6.45) is 5.96. The molecular weight excluding hydrogens is 340 g/mol. The number of nitrogens with one attached hydrogen (secondary N) is 1. The molecule has 0 aliphatic heterocycles. The molecule has 2 aliphatic rings. The average Bonchev–Trinajstić information content (AvgIpc) is 3.37. The first-order valence-electron chi connectivity index (χ1n) is 9.51. The smallest absolute Gasteiger partial charge is 0.224 e. The molecule has 132 valence electrons. The number of para-hydroxylation sites is 2. The molecule has 2 aromatic carbocycles. The van der Waals surface area contributed by atoms with Crippen molar-refractivity contribution in [1.29, 1.82) is 0 Å². The minimum absolute atomic E-state index is 0.149. The lowest BCUT2D eigenvalue weighted by molar-refractivity contribution is -0.117. The van der Waals surface area contributed by atoms with E-state index >= 15 is 0 Å². The van der Waals surface area contributed by atoms with Gasteiger partial charge >= 0.3 is 0 Å². The first kappa shape index (κ1) is 16.0. The van der Waals surface area contributed by atoms with E-state index in [0.717, 1.165) is 33.6 Å². The number of amides is 1. The second kappa shape index (κ2) is 6.51. The molecule has 1 aromatic heterocycles. The normalized spacial score (nSPS) is 24.2. The molecule has 2 saturated carbocycles. The van der Waals surface area contributed by atoms with Crippen LogP contribution in [-0.2, 0) is 4.79 Å². The minimum atomic E-state index is 0.149. The van der Waals surface area contributed by atoms with Crippen molar-refractivity contribution >= 4 is 33.1 Å². The van der Waals surface area contributed by atoms with Gasteiger partial charge in [0.1, 0.15) is 5.01 Å². The highest BCUT2D eigenvalue weighted by Crippen LogP contribution is 2.49. The van der Waals surface area contributed by atoms with Crippen molar-refractivity contribution in [2.45, 2.75) is 32.1 Å². The molecule has 0 saturated heterocycles. The fourth-order valence-electron chi connectivity index (χ4n) is 4.83. The van der Waals surface area contributed by atoms with E-state index in [0.29, 0.717) is 12.3 Å². The topological polar surface area (TPSA) is 42.0 Å². The zero-order valence-corrected chi connectivity index (χ0v) is 15.5. The predicted molar refractivity (Wildman–Crippen MR) is 107 cm³/mol. The summed E-state index contributed by atoms with van der Waals surface area (Å²) >= 11 is 1.67. The molecule has 3 atom stereocenters. The SMILES string of the molecule is O=C(C[C@H]1C[C@H]2CC[C@H]1C2)Nc1ccccc1-c1nc2ccccc2s1. The van der Waals surface area contributed by atoms with Crippen LogP contribution in [0, 0.1) is 17.8 Å². The Morgan fingerprint density at radius 3 is 2.73 bits per heavy atom. The van der Waals surface area contributed by atoms with Gasteiger partial charge < -0.3 is 5.32 Å². The van der Waals surface area contributed by atoms with Crippen LogP contribution in [0.4, 0.5) is 5.69 Å². The molecule has 0 radical (unpaired) electrons. The summed E-state index contributed by atoms with van der Waals surface area (Å²) in [5.41, 5.74) is 2.89. The quantitative estimate of drug-likeness (QED) is 0.644. The van der Waals surface area contributed by atoms with Gasteiger partial charge in [0, 0.05) is 12.0 Å². The summed E-state index contributed by atoms with van der Waals surface area (Å²) in [4.78, 5) is 17.4. The Labute approximate surface area is 157 Å². The van der Waals surface area contributed by atoms with Crippen LogP contribution in [0.15, 0.2) is 48.5 Å². The Kier molecular flexibility index (Phi) is 4.01. The molecule has 2 bridgehead atoms. The summed E-state index contributed by atoms with van der Waals surface area (Å²) in [6, 6.07) is 16.2. The van der Waals surface area contributed by atoms with Crippen molar-refractivity contribution < 1.29 is 4.79 Å². The van der Waals surface area contributed by atoms with E-state index in [1.165, 1.54) is 30.4 Å². The number of nitrogens with zero attached hydrogens (tertiary/aromatic N) is 1. The van der Waals surface area contributed by atoms with Crippen LogP contribution in [0.25, 0.3) is 20.8 Å². The highest BCUT2D eigenvalue weighted by molar-refractivity contribution is 7.21. The first-order valence-corrected chi connectivity index (χ1v) is 10.3. The number of fused-ring (bicyclic) bond motifs is 3. The van der Waals surface area contributed by atoms with Crippen LogP contribution in [0.1, 0.15) is 32.1 Å². The van der Waals surface area contributed by atoms with Crippen LogP contribution in [0.2, 0.25) is 0 Å². The molecule has 0 unspecified atom stereocenters. The lowest BCUT2D eigenvalue weighted by atomic mass is 9.86. The molecule has 2 aliphatic carbocycles. The molecule has 5 rings (SSSR count). The number of carbonyl (C=O) groups is 1. The van der Waals surface area contributed by atoms with Gasteiger partial charge in [0.2, 0.25) is 5.91 Å². The summed E-state index contributed by atoms with van der Waals surface area (Å²) < 4.78 is 1.17. The lowest BCUT2D eigenvalue weighted by Crippen LogP contribution is -2.20. The van der Waals surface area contributed by atoms with Crippen molar-refractivity contribution in [3.8, 4) is 10.6 Å². The summed E-state index contributed by atoms with van der Waals surface area (Å²) in [7, 11) is 0. The van der Waals surface area contributed by atoms with Crippen LogP contribution < -0.4 is 5.32 Å². The van der Waals surface area contributed by atoms with Crippen LogP contribution >= 0.6 is 11.3 Å². The van der Waals surface area contributed by atoms with Gasteiger partial charge in [-0.05, 0) is 61.3 Å². The van der Waals surface area contributed by atoms with Crippen molar-refractivity contribution in [2.75, 3.05) is 5.32 Å². The summed E-state index contributed by atoms with van der Waals surface area (Å²) in [6.45, 7) is 0. The molecule has 1 amide bonds. The Morgan fingerprint density at radius 1 is 1.08 bits per heavy atom. The summed E-state index contributed by atoms with van der Waals surface area (Å²) in [5, 5.41) is 4.13. The number of carbonyl (C=O) groups excluding carboxylic acids is 1. The van der Waals surface area contributed by atoms with Gasteiger partial charge in [-0.15, -0.1) is 11.3 Å². The fraction of sp³-hybridized carbons (Fsp3) is 0.364. The van der Waals surface area contributed by atoms with Gasteiger partial charge in [-0.25, -0.2) is 4.98 Å². The number of rotatable bonds is 4. The van der Waals surface area contributed by atoms with Gasteiger partial charge in [0.05, 0.1) is 15.9 Å². The Morgan fingerprint density at radius 2 is 1.92 bits per heavy atom. The van der Waals surface area contributed by atoms with Gasteiger partial charge in [-0.3, -0.25) is 4.79 Å². The van der Waals surface area contributed by atoms with Gasteiger partial charge in [-0.2, -0.15) is 0 Å². The maximum atomic E-state index is 12.7. The van der Waals surface area contributed by atoms with E-state index < -0.39 is 0 Å². The predicted octanol–water partition coefficient (Wildman–Crippen LogP) is 5.73. The standard InChI is InChI=1S/C22H22N2OS/c25-21(13-16-12-14-9-10-15(16)11-14)23-18-6-2-1-5-17(18)22-24-19-7-3-4-8-20(19)26-22/h1-8,14-16H,9-13H2,(H,23,25)/t14-,15-,16+/m0/s1. The van der Waals surface area contributed by atoms with E-state index in [9.17, 15) is 4.79 Å².